The van der Waals surface area contributed by atoms with E-state index >= 15 is 0 Å². The molecule has 1 heterocycles. The van der Waals surface area contributed by atoms with Crippen LogP contribution in [0.15, 0.2) is 48.5 Å². The SMILES string of the molecule is O=C(O)/C=C/c1ccc(C(F)(F)F)nc1NCc1ccccc1. The van der Waals surface area contributed by atoms with Crippen LogP contribution >= 0.6 is 0 Å². The minimum Gasteiger partial charge on any atom is -0.478 e. The number of aliphatic carboxylic acids is 1. The van der Waals surface area contributed by atoms with Crippen molar-refractivity contribution >= 4 is 17.9 Å². The highest BCUT2D eigenvalue weighted by Gasteiger charge is 2.32. The number of nitrogens with zero attached hydrogens (tertiary/aromatic N) is 1. The molecule has 0 saturated heterocycles. The van der Waals surface area contributed by atoms with Crippen LogP contribution in [-0.2, 0) is 17.5 Å². The molecule has 2 aromatic rings. The normalized spacial score (nSPS) is 11.6. The first-order valence-corrected chi connectivity index (χ1v) is 6.63. The van der Waals surface area contributed by atoms with Crippen LogP contribution in [0.25, 0.3) is 6.08 Å². The van der Waals surface area contributed by atoms with E-state index in [1.165, 1.54) is 12.1 Å². The van der Waals surface area contributed by atoms with Crippen LogP contribution in [0.2, 0.25) is 0 Å². The highest BCUT2D eigenvalue weighted by atomic mass is 19.4. The summed E-state index contributed by atoms with van der Waals surface area (Å²) in [6.45, 7) is 0.267. The summed E-state index contributed by atoms with van der Waals surface area (Å²) < 4.78 is 38.3. The number of alkyl halides is 3. The number of carboxylic acid groups (broad SMARTS) is 1. The maximum Gasteiger partial charge on any atom is 0.433 e. The minimum atomic E-state index is -4.57. The molecule has 0 spiro atoms. The standard InChI is InChI=1S/C16H13F3N2O2/c17-16(18,19)13-8-6-12(7-9-14(22)23)15(21-13)20-10-11-4-2-1-3-5-11/h1-9H,10H2,(H,20,21)(H,22,23)/b9-7+. The third-order valence-corrected chi connectivity index (χ3v) is 2.93. The van der Waals surface area contributed by atoms with Gasteiger partial charge in [0.1, 0.15) is 11.5 Å². The molecule has 23 heavy (non-hydrogen) atoms. The molecule has 0 radical (unpaired) electrons. The van der Waals surface area contributed by atoms with Crippen LogP contribution in [0.4, 0.5) is 19.0 Å². The Kier molecular flexibility index (Phi) is 5.00. The summed E-state index contributed by atoms with van der Waals surface area (Å²) in [5.74, 6) is -1.22. The molecule has 7 heteroatoms. The molecule has 4 nitrogen and oxygen atoms in total. The third-order valence-electron chi connectivity index (χ3n) is 2.93. The van der Waals surface area contributed by atoms with Crippen LogP contribution in [0.1, 0.15) is 16.8 Å². The van der Waals surface area contributed by atoms with E-state index in [1.807, 2.05) is 30.3 Å². The Morgan fingerprint density at radius 3 is 2.48 bits per heavy atom. The first-order valence-electron chi connectivity index (χ1n) is 6.63. The van der Waals surface area contributed by atoms with Crippen molar-refractivity contribution in [1.82, 2.24) is 4.98 Å². The van der Waals surface area contributed by atoms with Crippen LogP contribution in [0.5, 0.6) is 0 Å². The predicted molar refractivity (Wildman–Crippen MR) is 79.7 cm³/mol. The van der Waals surface area contributed by atoms with E-state index in [1.54, 1.807) is 0 Å². The number of nitrogens with one attached hydrogen (secondary N) is 1. The number of halogens is 3. The molecule has 120 valence electrons. The van der Waals surface area contributed by atoms with Crippen molar-refractivity contribution in [1.29, 1.82) is 0 Å². The summed E-state index contributed by atoms with van der Waals surface area (Å²) in [6, 6.07) is 11.1. The summed E-state index contributed by atoms with van der Waals surface area (Å²) in [7, 11) is 0. The Hall–Kier alpha value is -2.83. The fourth-order valence-electron chi connectivity index (χ4n) is 1.85. The number of carbonyl (C=O) groups is 1. The number of pyridine rings is 1. The van der Waals surface area contributed by atoms with Gasteiger partial charge in [-0.3, -0.25) is 0 Å². The van der Waals surface area contributed by atoms with Gasteiger partial charge in [-0.2, -0.15) is 13.2 Å². The predicted octanol–water partition coefficient (Wildman–Crippen LogP) is 3.81. The first-order chi connectivity index (χ1) is 10.9. The fourth-order valence-corrected chi connectivity index (χ4v) is 1.85. The van der Waals surface area contributed by atoms with Gasteiger partial charge in [0.15, 0.2) is 0 Å². The lowest BCUT2D eigenvalue weighted by molar-refractivity contribution is -0.141. The van der Waals surface area contributed by atoms with Crippen molar-refractivity contribution in [2.24, 2.45) is 0 Å². The molecule has 0 bridgehead atoms. The Balaban J connectivity index is 2.30. The number of benzene rings is 1. The Morgan fingerprint density at radius 1 is 1.17 bits per heavy atom. The molecule has 0 fully saturated rings. The summed E-state index contributed by atoms with van der Waals surface area (Å²) in [6.07, 6.45) is -2.53. The number of carboxylic acids is 1. The largest absolute Gasteiger partial charge is 0.478 e. The maximum atomic E-state index is 12.8. The number of anilines is 1. The summed E-state index contributed by atoms with van der Waals surface area (Å²) in [5, 5.41) is 11.5. The van der Waals surface area contributed by atoms with Crippen molar-refractivity contribution in [3.63, 3.8) is 0 Å². The van der Waals surface area contributed by atoms with E-state index in [2.05, 4.69) is 10.3 Å². The van der Waals surface area contributed by atoms with E-state index in [9.17, 15) is 18.0 Å². The molecule has 0 saturated carbocycles. The lowest BCUT2D eigenvalue weighted by Gasteiger charge is -2.12. The van der Waals surface area contributed by atoms with Gasteiger partial charge in [0.2, 0.25) is 0 Å². The number of aromatic nitrogens is 1. The smallest absolute Gasteiger partial charge is 0.433 e. The summed E-state index contributed by atoms with van der Waals surface area (Å²) in [5.41, 5.74) is 0.0803. The molecule has 0 atom stereocenters. The van der Waals surface area contributed by atoms with Gasteiger partial charge < -0.3 is 10.4 Å². The highest BCUT2D eigenvalue weighted by Crippen LogP contribution is 2.30. The topological polar surface area (TPSA) is 62.2 Å². The van der Waals surface area contributed by atoms with Crippen LogP contribution in [-0.4, -0.2) is 16.1 Å². The molecular formula is C16H13F3N2O2. The van der Waals surface area contributed by atoms with Gasteiger partial charge in [0.05, 0.1) is 0 Å². The van der Waals surface area contributed by atoms with E-state index in [-0.39, 0.29) is 17.9 Å². The third kappa shape index (κ3) is 4.84. The quantitative estimate of drug-likeness (QED) is 0.822. The Bertz CT molecular complexity index is 713. The zero-order valence-corrected chi connectivity index (χ0v) is 11.8. The maximum absolute atomic E-state index is 12.8. The molecule has 0 aliphatic rings. The second kappa shape index (κ2) is 6.95. The van der Waals surface area contributed by atoms with Gasteiger partial charge in [0.25, 0.3) is 0 Å². The van der Waals surface area contributed by atoms with Crippen LogP contribution < -0.4 is 5.32 Å². The molecule has 0 aliphatic heterocycles. The molecule has 0 amide bonds. The van der Waals surface area contributed by atoms with Gasteiger partial charge >= 0.3 is 12.1 Å². The summed E-state index contributed by atoms with van der Waals surface area (Å²) >= 11 is 0. The minimum absolute atomic E-state index is 0.0267. The Labute approximate surface area is 130 Å². The first kappa shape index (κ1) is 16.5. The van der Waals surface area contributed by atoms with Gasteiger partial charge in [-0.1, -0.05) is 30.3 Å². The van der Waals surface area contributed by atoms with Crippen LogP contribution in [0.3, 0.4) is 0 Å². The number of hydrogen-bond donors (Lipinski definition) is 2. The van der Waals surface area contributed by atoms with Crippen LogP contribution in [0, 0.1) is 0 Å². The van der Waals surface area contributed by atoms with Gasteiger partial charge in [-0.15, -0.1) is 0 Å². The van der Waals surface area contributed by atoms with E-state index < -0.39 is 17.8 Å². The molecule has 2 N–H and O–H groups in total. The molecule has 2 rings (SSSR count). The molecule has 1 aromatic carbocycles. The van der Waals surface area contributed by atoms with Crippen molar-refractivity contribution < 1.29 is 23.1 Å². The second-order valence-corrected chi connectivity index (χ2v) is 4.64. The average Bonchev–Trinajstić information content (AvgIpc) is 2.51. The Morgan fingerprint density at radius 2 is 1.87 bits per heavy atom. The van der Waals surface area contributed by atoms with Gasteiger partial charge in [0, 0.05) is 18.2 Å². The number of hydrogen-bond acceptors (Lipinski definition) is 3. The average molecular weight is 322 g/mol. The van der Waals surface area contributed by atoms with Crippen molar-refractivity contribution in [2.45, 2.75) is 12.7 Å². The fraction of sp³-hybridized carbons (Fsp3) is 0.125. The van der Waals surface area contributed by atoms with Crippen molar-refractivity contribution in [2.75, 3.05) is 5.32 Å². The lowest BCUT2D eigenvalue weighted by atomic mass is 10.2. The van der Waals surface area contributed by atoms with E-state index in [0.29, 0.717) is 0 Å². The van der Waals surface area contributed by atoms with Gasteiger partial charge in [-0.25, -0.2) is 9.78 Å². The second-order valence-electron chi connectivity index (χ2n) is 4.64. The van der Waals surface area contributed by atoms with E-state index in [4.69, 9.17) is 5.11 Å². The molecule has 0 aliphatic carbocycles. The monoisotopic (exact) mass is 322 g/mol. The number of rotatable bonds is 5. The molecule has 0 unspecified atom stereocenters. The lowest BCUT2D eigenvalue weighted by Crippen LogP contribution is -2.11. The van der Waals surface area contributed by atoms with Crippen molar-refractivity contribution in [3.8, 4) is 0 Å². The van der Waals surface area contributed by atoms with Gasteiger partial charge in [-0.05, 0) is 23.8 Å². The molecular weight excluding hydrogens is 309 g/mol. The highest BCUT2D eigenvalue weighted by molar-refractivity contribution is 5.86. The van der Waals surface area contributed by atoms with E-state index in [0.717, 1.165) is 17.7 Å². The zero-order chi connectivity index (χ0) is 16.9. The molecule has 1 aromatic heterocycles. The summed E-state index contributed by atoms with van der Waals surface area (Å²) in [4.78, 5) is 14.1. The van der Waals surface area contributed by atoms with Crippen molar-refractivity contribution in [3.05, 3.63) is 65.4 Å². The zero-order valence-electron chi connectivity index (χ0n) is 11.8.